The van der Waals surface area contributed by atoms with Gasteiger partial charge in [0.1, 0.15) is 5.75 Å². The summed E-state index contributed by atoms with van der Waals surface area (Å²) >= 11 is 0. The molecule has 1 aromatic carbocycles. The molecule has 90 valence electrons. The molecule has 17 heavy (non-hydrogen) atoms. The van der Waals surface area contributed by atoms with Crippen molar-refractivity contribution in [1.82, 2.24) is 0 Å². The third kappa shape index (κ3) is 3.90. The van der Waals surface area contributed by atoms with Gasteiger partial charge in [-0.1, -0.05) is 17.3 Å². The van der Waals surface area contributed by atoms with E-state index in [0.29, 0.717) is 0 Å². The molecule has 1 rings (SSSR count). The number of carbonyl (C=O) groups excluding carboxylic acids is 1. The lowest BCUT2D eigenvalue weighted by Gasteiger charge is -2.03. The smallest absolute Gasteiger partial charge is 0.368 e. The molecule has 0 aliphatic heterocycles. The largest absolute Gasteiger partial charge is 0.422 e. The molecular formula is C10H10N2O5. The van der Waals surface area contributed by atoms with Crippen LogP contribution in [0, 0.1) is 17.0 Å². The Hall–Kier alpha value is -2.44. The van der Waals surface area contributed by atoms with E-state index in [1.54, 1.807) is 25.1 Å². The maximum absolute atomic E-state index is 11.4. The first-order valence-electron chi connectivity index (χ1n) is 4.64. The van der Waals surface area contributed by atoms with E-state index < -0.39 is 23.1 Å². The molecule has 7 heteroatoms. The molecule has 0 bridgehead atoms. The summed E-state index contributed by atoms with van der Waals surface area (Å²) in [4.78, 5) is 20.8. The number of nitro groups is 1. The van der Waals surface area contributed by atoms with Crippen molar-refractivity contribution < 1.29 is 19.7 Å². The van der Waals surface area contributed by atoms with Gasteiger partial charge in [0.2, 0.25) is 5.71 Å². The second kappa shape index (κ2) is 5.59. The second-order valence-electron chi connectivity index (χ2n) is 3.24. The normalized spacial score (nSPS) is 11.0. The molecule has 0 heterocycles. The molecule has 0 aliphatic rings. The number of benzene rings is 1. The zero-order chi connectivity index (χ0) is 12.8. The van der Waals surface area contributed by atoms with Crippen LogP contribution in [0.1, 0.15) is 5.56 Å². The Kier molecular flexibility index (Phi) is 4.15. The van der Waals surface area contributed by atoms with Crippen molar-refractivity contribution in [3.63, 3.8) is 0 Å². The number of hydrogen-bond donors (Lipinski definition) is 1. The van der Waals surface area contributed by atoms with E-state index in [4.69, 9.17) is 9.94 Å². The lowest BCUT2D eigenvalue weighted by Crippen LogP contribution is -2.27. The first-order chi connectivity index (χ1) is 8.02. The first-order valence-corrected chi connectivity index (χ1v) is 4.64. The average Bonchev–Trinajstić information content (AvgIpc) is 2.25. The summed E-state index contributed by atoms with van der Waals surface area (Å²) < 4.78 is 4.81. The summed E-state index contributed by atoms with van der Waals surface area (Å²) in [5, 5.41) is 21.2. The third-order valence-corrected chi connectivity index (χ3v) is 1.84. The highest BCUT2D eigenvalue weighted by Gasteiger charge is 2.20. The topological polar surface area (TPSA) is 102 Å². The lowest BCUT2D eigenvalue weighted by molar-refractivity contribution is -0.463. The minimum atomic E-state index is -1.05. The van der Waals surface area contributed by atoms with Crippen LogP contribution >= 0.6 is 0 Å². The summed E-state index contributed by atoms with van der Waals surface area (Å²) in [6.07, 6.45) is 0. The van der Waals surface area contributed by atoms with Gasteiger partial charge >= 0.3 is 5.97 Å². The van der Waals surface area contributed by atoms with E-state index in [9.17, 15) is 14.9 Å². The van der Waals surface area contributed by atoms with Crippen LogP contribution in [-0.4, -0.2) is 28.4 Å². The molecule has 0 aliphatic carbocycles. The number of esters is 1. The van der Waals surface area contributed by atoms with Crippen LogP contribution in [0.15, 0.2) is 29.4 Å². The number of aryl methyl sites for hydroxylation is 1. The molecule has 0 aromatic heterocycles. The van der Waals surface area contributed by atoms with Crippen LogP contribution in [0.25, 0.3) is 0 Å². The zero-order valence-electron chi connectivity index (χ0n) is 8.99. The van der Waals surface area contributed by atoms with Gasteiger partial charge < -0.3 is 9.94 Å². The highest BCUT2D eigenvalue weighted by Crippen LogP contribution is 2.12. The van der Waals surface area contributed by atoms with Gasteiger partial charge in [0.25, 0.3) is 6.54 Å². The second-order valence-corrected chi connectivity index (χ2v) is 3.24. The molecule has 7 nitrogen and oxygen atoms in total. The maximum Gasteiger partial charge on any atom is 0.368 e. The Morgan fingerprint density at radius 1 is 1.59 bits per heavy atom. The van der Waals surface area contributed by atoms with Gasteiger partial charge in [-0.05, 0) is 24.6 Å². The van der Waals surface area contributed by atoms with Crippen LogP contribution in [-0.2, 0) is 4.79 Å². The van der Waals surface area contributed by atoms with E-state index in [2.05, 4.69) is 5.16 Å². The standard InChI is InChI=1S/C10H10N2O5/c1-7-3-2-4-8(5-7)17-10(13)9(11-14)6-12(15)16/h2-5,14H,6H2,1H3/b11-9-. The highest BCUT2D eigenvalue weighted by atomic mass is 16.6. The lowest BCUT2D eigenvalue weighted by atomic mass is 10.2. The van der Waals surface area contributed by atoms with Crippen LogP contribution in [0.5, 0.6) is 5.75 Å². The number of oxime groups is 1. The molecule has 0 saturated heterocycles. The SMILES string of the molecule is Cc1cccc(OC(=O)/C(C[N+](=O)[O-])=N\O)c1. The van der Waals surface area contributed by atoms with Gasteiger partial charge in [0, 0.05) is 4.92 Å². The van der Waals surface area contributed by atoms with Crippen molar-refractivity contribution in [3.05, 3.63) is 39.9 Å². The summed E-state index contributed by atoms with van der Waals surface area (Å²) in [5.74, 6) is -0.811. The molecule has 1 aromatic rings. The fraction of sp³-hybridized carbons (Fsp3) is 0.200. The Morgan fingerprint density at radius 2 is 2.29 bits per heavy atom. The van der Waals surface area contributed by atoms with Gasteiger partial charge in [-0.2, -0.15) is 0 Å². The molecule has 0 fully saturated rings. The van der Waals surface area contributed by atoms with Gasteiger partial charge in [-0.25, -0.2) is 4.79 Å². The average molecular weight is 238 g/mol. The third-order valence-electron chi connectivity index (χ3n) is 1.84. The number of hydrogen-bond acceptors (Lipinski definition) is 6. The molecule has 0 unspecified atom stereocenters. The fourth-order valence-corrected chi connectivity index (χ4v) is 1.10. The minimum absolute atomic E-state index is 0.236. The van der Waals surface area contributed by atoms with Crippen molar-refractivity contribution in [2.24, 2.45) is 5.16 Å². The monoisotopic (exact) mass is 238 g/mol. The predicted molar refractivity (Wildman–Crippen MR) is 57.9 cm³/mol. The van der Waals surface area contributed by atoms with Crippen LogP contribution in [0.3, 0.4) is 0 Å². The Labute approximate surface area is 96.5 Å². The molecule has 0 amide bonds. The number of rotatable bonds is 4. The molecule has 0 spiro atoms. The molecule has 0 radical (unpaired) electrons. The first kappa shape index (κ1) is 12.6. The Morgan fingerprint density at radius 3 is 2.82 bits per heavy atom. The minimum Gasteiger partial charge on any atom is -0.422 e. The number of ether oxygens (including phenoxy) is 1. The van der Waals surface area contributed by atoms with Crippen molar-refractivity contribution in [2.75, 3.05) is 6.54 Å². The van der Waals surface area contributed by atoms with Crippen molar-refractivity contribution in [3.8, 4) is 5.75 Å². The fourth-order valence-electron chi connectivity index (χ4n) is 1.10. The molecule has 1 N–H and O–H groups in total. The summed E-state index contributed by atoms with van der Waals surface area (Å²) in [6, 6.07) is 6.57. The number of nitrogens with zero attached hydrogens (tertiary/aromatic N) is 2. The van der Waals surface area contributed by atoms with E-state index in [1.807, 2.05) is 0 Å². The predicted octanol–water partition coefficient (Wildman–Crippen LogP) is 1.01. The number of carbonyl (C=O) groups is 1. The molecule has 0 saturated carbocycles. The maximum atomic E-state index is 11.4. The van der Waals surface area contributed by atoms with Gasteiger partial charge in [0.05, 0.1) is 0 Å². The van der Waals surface area contributed by atoms with Crippen molar-refractivity contribution in [2.45, 2.75) is 6.92 Å². The van der Waals surface area contributed by atoms with E-state index in [0.717, 1.165) is 5.56 Å². The van der Waals surface area contributed by atoms with Crippen molar-refractivity contribution in [1.29, 1.82) is 0 Å². The molecule has 0 atom stereocenters. The van der Waals surface area contributed by atoms with E-state index in [-0.39, 0.29) is 5.75 Å². The molecular weight excluding hydrogens is 228 g/mol. The van der Waals surface area contributed by atoms with Crippen LogP contribution in [0.2, 0.25) is 0 Å². The van der Waals surface area contributed by atoms with Crippen LogP contribution < -0.4 is 4.74 Å². The Balaban J connectivity index is 2.74. The van der Waals surface area contributed by atoms with Crippen molar-refractivity contribution >= 4 is 11.7 Å². The van der Waals surface area contributed by atoms with E-state index >= 15 is 0 Å². The van der Waals surface area contributed by atoms with Gasteiger partial charge in [-0.15, -0.1) is 0 Å². The van der Waals surface area contributed by atoms with E-state index in [1.165, 1.54) is 6.07 Å². The Bertz CT molecular complexity index is 470. The highest BCUT2D eigenvalue weighted by molar-refractivity contribution is 6.37. The quantitative estimate of drug-likeness (QED) is 0.210. The van der Waals surface area contributed by atoms with Gasteiger partial charge in [-0.3, -0.25) is 10.1 Å². The summed E-state index contributed by atoms with van der Waals surface area (Å²) in [7, 11) is 0. The summed E-state index contributed by atoms with van der Waals surface area (Å²) in [5.41, 5.74) is 0.212. The van der Waals surface area contributed by atoms with Crippen LogP contribution in [0.4, 0.5) is 0 Å². The van der Waals surface area contributed by atoms with Gasteiger partial charge in [0.15, 0.2) is 0 Å². The summed E-state index contributed by atoms with van der Waals surface area (Å²) in [6.45, 7) is 0.913. The zero-order valence-corrected chi connectivity index (χ0v) is 8.99.